The summed E-state index contributed by atoms with van der Waals surface area (Å²) in [6.45, 7) is 4.73. The molecule has 0 aliphatic heterocycles. The standard InChI is InChI=1S/C24H33N5.3ClH/c25-24(26)29-16-8-7-14-27-13-5-6-15-28-18-23-21-11-3-1-9-19(21)17-20-10-2-4-12-22(20)23;;;/h1-4,9-12,17,27-28H,5-8,13-16,18H2,(H4,25,26,29);3*1H. The van der Waals surface area contributed by atoms with Gasteiger partial charge in [0.2, 0.25) is 0 Å². The van der Waals surface area contributed by atoms with E-state index < -0.39 is 0 Å². The van der Waals surface area contributed by atoms with E-state index in [0.29, 0.717) is 0 Å². The summed E-state index contributed by atoms with van der Waals surface area (Å²) in [4.78, 5) is 3.99. The first-order chi connectivity index (χ1) is 14.3. The molecular weight excluding hydrogens is 465 g/mol. The molecule has 0 aliphatic rings. The molecule has 0 saturated heterocycles. The Morgan fingerprint density at radius 1 is 0.688 bits per heavy atom. The molecule has 0 atom stereocenters. The number of rotatable bonds is 12. The summed E-state index contributed by atoms with van der Waals surface area (Å²) in [6.07, 6.45) is 4.47. The van der Waals surface area contributed by atoms with Gasteiger partial charge in [0.05, 0.1) is 0 Å². The Balaban J connectivity index is 0.00000320. The van der Waals surface area contributed by atoms with Crippen molar-refractivity contribution >= 4 is 64.7 Å². The van der Waals surface area contributed by atoms with E-state index in [1.54, 1.807) is 0 Å². The molecule has 3 aromatic carbocycles. The Morgan fingerprint density at radius 3 is 1.75 bits per heavy atom. The van der Waals surface area contributed by atoms with Crippen LogP contribution in [0.5, 0.6) is 0 Å². The van der Waals surface area contributed by atoms with Crippen molar-refractivity contribution in [2.24, 2.45) is 16.5 Å². The minimum Gasteiger partial charge on any atom is -0.370 e. The van der Waals surface area contributed by atoms with E-state index in [4.69, 9.17) is 11.5 Å². The highest BCUT2D eigenvalue weighted by Gasteiger charge is 2.06. The Hall–Kier alpha value is -1.76. The molecular formula is C24H36Cl3N5. The number of aliphatic imine (C=N–C) groups is 1. The Morgan fingerprint density at radius 2 is 1.19 bits per heavy atom. The SMILES string of the molecule is Cl.Cl.Cl.NC(N)=NCCCCNCCCCNCc1c2ccccc2cc2ccccc12. The first-order valence-corrected chi connectivity index (χ1v) is 10.6. The summed E-state index contributed by atoms with van der Waals surface area (Å²) in [6, 6.07) is 19.6. The molecule has 0 unspecified atom stereocenters. The Labute approximate surface area is 210 Å². The van der Waals surface area contributed by atoms with Crippen LogP contribution in [-0.2, 0) is 6.54 Å². The molecule has 0 aromatic heterocycles. The lowest BCUT2D eigenvalue weighted by molar-refractivity contribution is 0.569. The first kappa shape index (κ1) is 30.2. The number of fused-ring (bicyclic) bond motifs is 2. The van der Waals surface area contributed by atoms with Gasteiger partial charge in [-0.2, -0.15) is 0 Å². The van der Waals surface area contributed by atoms with Gasteiger partial charge >= 0.3 is 0 Å². The monoisotopic (exact) mass is 499 g/mol. The average molecular weight is 501 g/mol. The van der Waals surface area contributed by atoms with Crippen molar-refractivity contribution in [2.75, 3.05) is 26.2 Å². The molecule has 8 heteroatoms. The summed E-state index contributed by atoms with van der Waals surface area (Å²) < 4.78 is 0. The zero-order valence-electron chi connectivity index (χ0n) is 18.4. The van der Waals surface area contributed by atoms with E-state index in [1.807, 2.05) is 0 Å². The summed E-state index contributed by atoms with van der Waals surface area (Å²) >= 11 is 0. The minimum absolute atomic E-state index is 0. The second-order valence-corrected chi connectivity index (χ2v) is 7.44. The van der Waals surface area contributed by atoms with E-state index >= 15 is 0 Å². The normalized spacial score (nSPS) is 10.1. The van der Waals surface area contributed by atoms with Gasteiger partial charge < -0.3 is 22.1 Å². The number of halogens is 3. The summed E-state index contributed by atoms with van der Waals surface area (Å²) in [5.41, 5.74) is 12.0. The van der Waals surface area contributed by atoms with Crippen LogP contribution in [0, 0.1) is 0 Å². The molecule has 3 aromatic rings. The highest BCUT2D eigenvalue weighted by atomic mass is 35.5. The molecule has 0 amide bonds. The van der Waals surface area contributed by atoms with Gasteiger partial charge in [-0.25, -0.2) is 0 Å². The Kier molecular flexibility index (Phi) is 15.9. The molecule has 0 fully saturated rings. The lowest BCUT2D eigenvalue weighted by Crippen LogP contribution is -2.23. The van der Waals surface area contributed by atoms with Gasteiger partial charge in [0.25, 0.3) is 0 Å². The number of guanidine groups is 1. The van der Waals surface area contributed by atoms with Crippen LogP contribution in [0.3, 0.4) is 0 Å². The van der Waals surface area contributed by atoms with Crippen molar-refractivity contribution in [2.45, 2.75) is 32.2 Å². The fourth-order valence-electron chi connectivity index (χ4n) is 3.71. The van der Waals surface area contributed by atoms with Gasteiger partial charge in [0.1, 0.15) is 0 Å². The van der Waals surface area contributed by atoms with Crippen molar-refractivity contribution in [1.82, 2.24) is 10.6 Å². The quantitative estimate of drug-likeness (QED) is 0.125. The topological polar surface area (TPSA) is 88.5 Å². The third-order valence-electron chi connectivity index (χ3n) is 5.20. The second-order valence-electron chi connectivity index (χ2n) is 7.44. The maximum absolute atomic E-state index is 5.31. The van der Waals surface area contributed by atoms with E-state index in [0.717, 1.165) is 45.6 Å². The zero-order chi connectivity index (χ0) is 20.3. The highest BCUT2D eigenvalue weighted by Crippen LogP contribution is 2.28. The van der Waals surface area contributed by atoms with Gasteiger partial charge in [0, 0.05) is 13.1 Å². The van der Waals surface area contributed by atoms with Gasteiger partial charge in [-0.3, -0.25) is 4.99 Å². The predicted molar refractivity (Wildman–Crippen MR) is 147 cm³/mol. The number of benzene rings is 3. The maximum Gasteiger partial charge on any atom is 0.185 e. The number of hydrogen-bond donors (Lipinski definition) is 4. The van der Waals surface area contributed by atoms with Gasteiger partial charge in [-0.1, -0.05) is 48.5 Å². The van der Waals surface area contributed by atoms with Crippen molar-refractivity contribution in [3.05, 3.63) is 60.2 Å². The molecule has 3 rings (SSSR count). The van der Waals surface area contributed by atoms with Gasteiger partial charge in [-0.15, -0.1) is 37.2 Å². The van der Waals surface area contributed by atoms with Crippen LogP contribution < -0.4 is 22.1 Å². The van der Waals surface area contributed by atoms with E-state index in [2.05, 4.69) is 70.2 Å². The molecule has 0 saturated carbocycles. The molecule has 0 radical (unpaired) electrons. The van der Waals surface area contributed by atoms with Crippen LogP contribution in [-0.4, -0.2) is 32.1 Å². The Bertz CT molecular complexity index is 891. The molecule has 32 heavy (non-hydrogen) atoms. The first-order valence-electron chi connectivity index (χ1n) is 10.6. The van der Waals surface area contributed by atoms with Crippen LogP contribution in [0.15, 0.2) is 59.6 Å². The number of nitrogens with zero attached hydrogens (tertiary/aromatic N) is 1. The molecule has 6 N–H and O–H groups in total. The molecule has 0 spiro atoms. The highest BCUT2D eigenvalue weighted by molar-refractivity contribution is 6.02. The zero-order valence-corrected chi connectivity index (χ0v) is 20.8. The van der Waals surface area contributed by atoms with Crippen LogP contribution in [0.4, 0.5) is 0 Å². The molecule has 0 heterocycles. The fourth-order valence-corrected chi connectivity index (χ4v) is 3.71. The van der Waals surface area contributed by atoms with E-state index in [-0.39, 0.29) is 43.2 Å². The molecule has 0 bridgehead atoms. The minimum atomic E-state index is 0. The lowest BCUT2D eigenvalue weighted by Gasteiger charge is -2.13. The average Bonchev–Trinajstić information content (AvgIpc) is 2.73. The van der Waals surface area contributed by atoms with Crippen LogP contribution in [0.2, 0.25) is 0 Å². The molecule has 178 valence electrons. The van der Waals surface area contributed by atoms with Crippen LogP contribution in [0.25, 0.3) is 21.5 Å². The van der Waals surface area contributed by atoms with Gasteiger partial charge in [0.15, 0.2) is 5.96 Å². The van der Waals surface area contributed by atoms with Crippen molar-refractivity contribution < 1.29 is 0 Å². The summed E-state index contributed by atoms with van der Waals surface area (Å²) in [7, 11) is 0. The predicted octanol–water partition coefficient (Wildman–Crippen LogP) is 4.77. The number of nitrogens with one attached hydrogen (secondary N) is 2. The van der Waals surface area contributed by atoms with Crippen LogP contribution >= 0.6 is 37.2 Å². The number of unbranched alkanes of at least 4 members (excludes halogenated alkanes) is 2. The van der Waals surface area contributed by atoms with E-state index in [1.165, 1.54) is 39.9 Å². The molecule has 0 aliphatic carbocycles. The summed E-state index contributed by atoms with van der Waals surface area (Å²) in [5.74, 6) is 0.182. The number of nitrogens with two attached hydrogens (primary N) is 2. The smallest absolute Gasteiger partial charge is 0.185 e. The second kappa shape index (κ2) is 16.8. The fraction of sp³-hybridized carbons (Fsp3) is 0.375. The van der Waals surface area contributed by atoms with Crippen molar-refractivity contribution in [3.8, 4) is 0 Å². The third kappa shape index (κ3) is 9.39. The van der Waals surface area contributed by atoms with E-state index in [9.17, 15) is 0 Å². The molecule has 5 nitrogen and oxygen atoms in total. The number of hydrogen-bond acceptors (Lipinski definition) is 3. The van der Waals surface area contributed by atoms with Crippen molar-refractivity contribution in [1.29, 1.82) is 0 Å². The summed E-state index contributed by atoms with van der Waals surface area (Å²) in [5, 5.41) is 12.5. The largest absolute Gasteiger partial charge is 0.370 e. The maximum atomic E-state index is 5.31. The van der Waals surface area contributed by atoms with Crippen LogP contribution in [0.1, 0.15) is 31.2 Å². The van der Waals surface area contributed by atoms with Gasteiger partial charge in [-0.05, 0) is 78.5 Å². The van der Waals surface area contributed by atoms with Crippen molar-refractivity contribution in [3.63, 3.8) is 0 Å². The lowest BCUT2D eigenvalue weighted by atomic mass is 9.97. The third-order valence-corrected chi connectivity index (χ3v) is 5.20.